The van der Waals surface area contributed by atoms with Gasteiger partial charge < -0.3 is 19.9 Å². The zero-order chi connectivity index (χ0) is 20.3. The number of benzene rings is 1. The quantitative estimate of drug-likeness (QED) is 0.246. The lowest BCUT2D eigenvalue weighted by Gasteiger charge is -2.37. The van der Waals surface area contributed by atoms with Crippen LogP contribution in [0.3, 0.4) is 0 Å². The number of anilines is 1. The van der Waals surface area contributed by atoms with Gasteiger partial charge in [-0.2, -0.15) is 0 Å². The van der Waals surface area contributed by atoms with Crippen molar-refractivity contribution in [2.45, 2.75) is 33.4 Å². The zero-order valence-corrected chi connectivity index (χ0v) is 20.4. The van der Waals surface area contributed by atoms with Crippen LogP contribution < -0.4 is 10.2 Å². The highest BCUT2D eigenvalue weighted by Crippen LogP contribution is 2.14. The molecule has 2 heterocycles. The molecule has 1 saturated heterocycles. The van der Waals surface area contributed by atoms with Crippen molar-refractivity contribution < 1.29 is 4.74 Å². The Hall–Kier alpha value is -1.87. The summed E-state index contributed by atoms with van der Waals surface area (Å²) in [6, 6.07) is 14.5. The predicted molar refractivity (Wildman–Crippen MR) is 135 cm³/mol. The Labute approximate surface area is 197 Å². The number of aromatic nitrogens is 1. The topological polar surface area (TPSA) is 53.0 Å². The summed E-state index contributed by atoms with van der Waals surface area (Å²) in [6.07, 6.45) is 2.89. The average molecular weight is 523 g/mol. The molecule has 2 aromatic rings. The minimum absolute atomic E-state index is 0. The first-order valence-electron chi connectivity index (χ1n) is 10.7. The van der Waals surface area contributed by atoms with Crippen LogP contribution in [0.4, 0.5) is 5.82 Å². The van der Waals surface area contributed by atoms with Crippen molar-refractivity contribution in [3.8, 4) is 0 Å². The van der Waals surface area contributed by atoms with Gasteiger partial charge in [-0.1, -0.05) is 37.3 Å². The highest BCUT2D eigenvalue weighted by Gasteiger charge is 2.20. The van der Waals surface area contributed by atoms with E-state index in [2.05, 4.69) is 64.3 Å². The van der Waals surface area contributed by atoms with Crippen LogP contribution in [0, 0.1) is 0 Å². The fourth-order valence-corrected chi connectivity index (χ4v) is 3.45. The van der Waals surface area contributed by atoms with Crippen molar-refractivity contribution in [1.82, 2.24) is 15.2 Å². The molecular weight excluding hydrogens is 489 g/mol. The molecular formula is C23H34IN5O. The maximum Gasteiger partial charge on any atom is 0.194 e. The second-order valence-electron chi connectivity index (χ2n) is 7.15. The summed E-state index contributed by atoms with van der Waals surface area (Å²) in [7, 11) is 0. The second kappa shape index (κ2) is 13.4. The van der Waals surface area contributed by atoms with Gasteiger partial charge >= 0.3 is 0 Å². The van der Waals surface area contributed by atoms with Crippen LogP contribution in [-0.2, 0) is 17.9 Å². The fourth-order valence-electron chi connectivity index (χ4n) is 3.45. The Morgan fingerprint density at radius 3 is 2.43 bits per heavy atom. The van der Waals surface area contributed by atoms with E-state index in [1.807, 2.05) is 18.3 Å². The molecule has 1 N–H and O–H groups in total. The summed E-state index contributed by atoms with van der Waals surface area (Å²) in [5, 5.41) is 3.46. The van der Waals surface area contributed by atoms with Gasteiger partial charge in [0.25, 0.3) is 0 Å². The molecule has 0 amide bonds. The number of aliphatic imine (C=N–C) groups is 1. The van der Waals surface area contributed by atoms with Gasteiger partial charge in [0.15, 0.2) is 5.96 Å². The Morgan fingerprint density at radius 1 is 1.03 bits per heavy atom. The van der Waals surface area contributed by atoms with Crippen molar-refractivity contribution in [1.29, 1.82) is 0 Å². The third kappa shape index (κ3) is 7.12. The van der Waals surface area contributed by atoms with Gasteiger partial charge in [-0.25, -0.2) is 9.98 Å². The van der Waals surface area contributed by atoms with Gasteiger partial charge in [0, 0.05) is 45.5 Å². The third-order valence-electron chi connectivity index (χ3n) is 5.01. The number of rotatable bonds is 8. The SMILES string of the molecule is CCCOCc1ccccc1CN=C(NCC)N1CCN(c2ccccn2)CC1.I. The summed E-state index contributed by atoms with van der Waals surface area (Å²) >= 11 is 0. The number of nitrogens with one attached hydrogen (secondary N) is 1. The highest BCUT2D eigenvalue weighted by atomic mass is 127. The first-order valence-corrected chi connectivity index (χ1v) is 10.7. The molecule has 1 fully saturated rings. The van der Waals surface area contributed by atoms with Crippen LogP contribution >= 0.6 is 24.0 Å². The number of piperazine rings is 1. The Kier molecular flexibility index (Phi) is 10.9. The van der Waals surface area contributed by atoms with E-state index in [1.165, 1.54) is 11.1 Å². The van der Waals surface area contributed by atoms with Gasteiger partial charge in [-0.05, 0) is 36.6 Å². The van der Waals surface area contributed by atoms with Gasteiger partial charge in [-0.15, -0.1) is 24.0 Å². The number of hydrogen-bond donors (Lipinski definition) is 1. The van der Waals surface area contributed by atoms with Crippen molar-refractivity contribution in [2.24, 2.45) is 4.99 Å². The fraction of sp³-hybridized carbons (Fsp3) is 0.478. The average Bonchev–Trinajstić information content (AvgIpc) is 2.78. The predicted octanol–water partition coefficient (Wildman–Crippen LogP) is 3.91. The van der Waals surface area contributed by atoms with E-state index in [4.69, 9.17) is 9.73 Å². The number of halogens is 1. The molecule has 164 valence electrons. The Bertz CT molecular complexity index is 763. The number of ether oxygens (including phenoxy) is 1. The minimum atomic E-state index is 0. The van der Waals surface area contributed by atoms with Crippen LogP contribution in [-0.4, -0.2) is 55.2 Å². The molecule has 1 aliphatic rings. The minimum Gasteiger partial charge on any atom is -0.377 e. The van der Waals surface area contributed by atoms with E-state index >= 15 is 0 Å². The van der Waals surface area contributed by atoms with Crippen molar-refractivity contribution >= 4 is 35.8 Å². The lowest BCUT2D eigenvalue weighted by Crippen LogP contribution is -2.52. The molecule has 7 heteroatoms. The lowest BCUT2D eigenvalue weighted by molar-refractivity contribution is 0.121. The van der Waals surface area contributed by atoms with Crippen molar-refractivity contribution in [3.05, 3.63) is 59.8 Å². The van der Waals surface area contributed by atoms with E-state index in [0.717, 1.165) is 57.5 Å². The largest absolute Gasteiger partial charge is 0.377 e. The maximum absolute atomic E-state index is 5.75. The lowest BCUT2D eigenvalue weighted by atomic mass is 10.1. The van der Waals surface area contributed by atoms with Crippen LogP contribution in [0.5, 0.6) is 0 Å². The standard InChI is InChI=1S/C23H33N5O.HI/c1-3-17-29-19-21-10-6-5-9-20(21)18-26-23(24-4-2)28-15-13-27(14-16-28)22-11-7-8-12-25-22;/h5-12H,3-4,13-19H2,1-2H3,(H,24,26);1H. The number of nitrogens with zero attached hydrogens (tertiary/aromatic N) is 4. The monoisotopic (exact) mass is 523 g/mol. The van der Waals surface area contributed by atoms with Gasteiger partial charge in [0.05, 0.1) is 13.2 Å². The van der Waals surface area contributed by atoms with Crippen LogP contribution in [0.15, 0.2) is 53.7 Å². The summed E-state index contributed by atoms with van der Waals surface area (Å²) in [4.78, 5) is 14.1. The van der Waals surface area contributed by atoms with Crippen LogP contribution in [0.25, 0.3) is 0 Å². The summed E-state index contributed by atoms with van der Waals surface area (Å²) < 4.78 is 5.75. The highest BCUT2D eigenvalue weighted by molar-refractivity contribution is 14.0. The summed E-state index contributed by atoms with van der Waals surface area (Å²) in [6.45, 7) is 11.0. The van der Waals surface area contributed by atoms with E-state index in [1.54, 1.807) is 0 Å². The first-order chi connectivity index (χ1) is 14.3. The number of pyridine rings is 1. The number of guanidine groups is 1. The van der Waals surface area contributed by atoms with Crippen molar-refractivity contribution in [2.75, 3.05) is 44.2 Å². The first kappa shape index (κ1) is 24.4. The molecule has 30 heavy (non-hydrogen) atoms. The smallest absolute Gasteiger partial charge is 0.194 e. The normalized spacial score (nSPS) is 14.4. The van der Waals surface area contributed by atoms with Gasteiger partial charge in [0.1, 0.15) is 5.82 Å². The molecule has 3 rings (SSSR count). The molecule has 1 aromatic carbocycles. The van der Waals surface area contributed by atoms with E-state index < -0.39 is 0 Å². The molecule has 0 unspecified atom stereocenters. The molecule has 0 aliphatic carbocycles. The summed E-state index contributed by atoms with van der Waals surface area (Å²) in [5.74, 6) is 2.03. The van der Waals surface area contributed by atoms with Gasteiger partial charge in [0.2, 0.25) is 0 Å². The Balaban J connectivity index is 0.00000320. The zero-order valence-electron chi connectivity index (χ0n) is 18.1. The van der Waals surface area contributed by atoms with E-state index in [9.17, 15) is 0 Å². The molecule has 0 bridgehead atoms. The van der Waals surface area contributed by atoms with Crippen LogP contribution in [0.2, 0.25) is 0 Å². The van der Waals surface area contributed by atoms with Gasteiger partial charge in [-0.3, -0.25) is 0 Å². The summed E-state index contributed by atoms with van der Waals surface area (Å²) in [5.41, 5.74) is 2.45. The van der Waals surface area contributed by atoms with Crippen LogP contribution in [0.1, 0.15) is 31.4 Å². The third-order valence-corrected chi connectivity index (χ3v) is 5.01. The molecule has 0 saturated carbocycles. The van der Waals surface area contributed by atoms with Crippen molar-refractivity contribution in [3.63, 3.8) is 0 Å². The molecule has 1 aliphatic heterocycles. The molecule has 0 spiro atoms. The number of hydrogen-bond acceptors (Lipinski definition) is 4. The molecule has 0 atom stereocenters. The van der Waals surface area contributed by atoms with E-state index in [-0.39, 0.29) is 24.0 Å². The Morgan fingerprint density at radius 2 is 1.77 bits per heavy atom. The molecule has 0 radical (unpaired) electrons. The molecule has 6 nitrogen and oxygen atoms in total. The van der Waals surface area contributed by atoms with E-state index in [0.29, 0.717) is 13.2 Å². The molecule has 1 aromatic heterocycles. The second-order valence-corrected chi connectivity index (χ2v) is 7.15. The maximum atomic E-state index is 5.75.